The Balaban J connectivity index is 1.54. The third-order valence-corrected chi connectivity index (χ3v) is 7.67. The molecule has 5 rings (SSSR count). The number of hydrogen-bond donors (Lipinski definition) is 3. The molecule has 7 nitrogen and oxygen atoms in total. The molecule has 0 aliphatic carbocycles. The third-order valence-electron chi connectivity index (χ3n) is 6.04. The lowest BCUT2D eigenvalue weighted by Crippen LogP contribution is -2.50. The summed E-state index contributed by atoms with van der Waals surface area (Å²) in [6.07, 6.45) is 1.62. The van der Waals surface area contributed by atoms with Crippen LogP contribution in [-0.2, 0) is 16.8 Å². The van der Waals surface area contributed by atoms with Crippen LogP contribution in [0.3, 0.4) is 0 Å². The lowest BCUT2D eigenvalue weighted by Gasteiger charge is -2.29. The largest absolute Gasteiger partial charge is 0.479 e. The molecule has 2 atom stereocenters. The summed E-state index contributed by atoms with van der Waals surface area (Å²) < 4.78 is 7.09. The van der Waals surface area contributed by atoms with E-state index >= 15 is 0 Å². The van der Waals surface area contributed by atoms with Gasteiger partial charge in [-0.3, -0.25) is 9.78 Å². The summed E-state index contributed by atoms with van der Waals surface area (Å²) in [5.41, 5.74) is 1.94. The van der Waals surface area contributed by atoms with Crippen LogP contribution >= 0.6 is 22.9 Å². The van der Waals surface area contributed by atoms with Gasteiger partial charge >= 0.3 is 0 Å². The van der Waals surface area contributed by atoms with Crippen LogP contribution < -0.4 is 10.1 Å². The summed E-state index contributed by atoms with van der Waals surface area (Å²) in [6.45, 7) is 4.11. The van der Waals surface area contributed by atoms with Crippen LogP contribution in [0.2, 0.25) is 5.02 Å². The number of nitrogens with zero attached hydrogens (tertiary/aromatic N) is 2. The molecule has 0 spiro atoms. The summed E-state index contributed by atoms with van der Waals surface area (Å²) in [7, 11) is 0. The zero-order valence-corrected chi connectivity index (χ0v) is 19.2. The van der Waals surface area contributed by atoms with Crippen LogP contribution in [0.1, 0.15) is 17.4 Å². The van der Waals surface area contributed by atoms with E-state index in [2.05, 4.69) is 10.3 Å². The second-order valence-corrected chi connectivity index (χ2v) is 9.93. The number of halogens is 1. The molecular formula is C23H24ClN3O4S. The van der Waals surface area contributed by atoms with Crippen molar-refractivity contribution in [1.29, 1.82) is 0 Å². The van der Waals surface area contributed by atoms with E-state index < -0.39 is 11.7 Å². The number of piperazine rings is 1. The minimum Gasteiger partial charge on any atom is -0.479 e. The van der Waals surface area contributed by atoms with E-state index in [1.54, 1.807) is 19.2 Å². The van der Waals surface area contributed by atoms with Crippen molar-refractivity contribution in [2.45, 2.75) is 25.0 Å². The molecule has 2 aliphatic rings. The average Bonchev–Trinajstić information content (AvgIpc) is 3.43. The van der Waals surface area contributed by atoms with Crippen LogP contribution in [0.25, 0.3) is 21.3 Å². The van der Waals surface area contributed by atoms with Gasteiger partial charge < -0.3 is 25.2 Å². The Kier molecular flexibility index (Phi) is 5.59. The highest BCUT2D eigenvalue weighted by Crippen LogP contribution is 2.45. The average molecular weight is 474 g/mol. The van der Waals surface area contributed by atoms with E-state index in [0.29, 0.717) is 35.2 Å². The van der Waals surface area contributed by atoms with Gasteiger partial charge in [-0.1, -0.05) is 11.6 Å². The lowest BCUT2D eigenvalue weighted by atomic mass is 10.0. The van der Waals surface area contributed by atoms with Crippen LogP contribution in [0, 0.1) is 0 Å². The number of hydrogen-bond acceptors (Lipinski definition) is 7. The molecule has 32 heavy (non-hydrogen) atoms. The first-order chi connectivity index (χ1) is 15.4. The molecular weight excluding hydrogens is 450 g/mol. The monoisotopic (exact) mass is 473 g/mol. The molecule has 4 heterocycles. The molecule has 3 N–H and O–H groups in total. The number of ether oxygens (including phenoxy) is 1. The number of pyridine rings is 1. The summed E-state index contributed by atoms with van der Waals surface area (Å²) in [6, 6.07) is 7.38. The van der Waals surface area contributed by atoms with Crippen LogP contribution in [0.5, 0.6) is 5.75 Å². The van der Waals surface area contributed by atoms with Gasteiger partial charge in [0.15, 0.2) is 6.10 Å². The van der Waals surface area contributed by atoms with Crippen molar-refractivity contribution in [2.75, 3.05) is 32.8 Å². The van der Waals surface area contributed by atoms with Crippen molar-refractivity contribution in [2.24, 2.45) is 0 Å². The molecule has 1 saturated heterocycles. The number of aliphatic hydroxyl groups excluding tert-OH is 1. The lowest BCUT2D eigenvalue weighted by molar-refractivity contribution is -0.138. The molecule has 168 valence electrons. The molecule has 1 fully saturated rings. The highest BCUT2D eigenvalue weighted by Gasteiger charge is 2.35. The van der Waals surface area contributed by atoms with E-state index in [-0.39, 0.29) is 12.5 Å². The number of nitrogens with one attached hydrogen (secondary N) is 1. The van der Waals surface area contributed by atoms with E-state index in [9.17, 15) is 15.0 Å². The van der Waals surface area contributed by atoms with Crippen molar-refractivity contribution in [3.63, 3.8) is 0 Å². The molecule has 3 aromatic rings. The van der Waals surface area contributed by atoms with Gasteiger partial charge in [-0.15, -0.1) is 11.3 Å². The van der Waals surface area contributed by atoms with Crippen molar-refractivity contribution in [3.05, 3.63) is 45.9 Å². The number of thiophene rings is 1. The van der Waals surface area contributed by atoms with Crippen molar-refractivity contribution in [1.82, 2.24) is 15.2 Å². The van der Waals surface area contributed by atoms with E-state index in [0.717, 1.165) is 40.0 Å². The fourth-order valence-corrected chi connectivity index (χ4v) is 5.66. The molecule has 1 amide bonds. The number of carbonyl (C=O) groups is 1. The van der Waals surface area contributed by atoms with E-state index in [1.165, 1.54) is 11.3 Å². The maximum atomic E-state index is 13.0. The highest BCUT2D eigenvalue weighted by molar-refractivity contribution is 7.19. The van der Waals surface area contributed by atoms with Crippen molar-refractivity contribution < 1.29 is 19.7 Å². The van der Waals surface area contributed by atoms with Gasteiger partial charge in [0.05, 0.1) is 16.8 Å². The summed E-state index contributed by atoms with van der Waals surface area (Å²) in [5, 5.41) is 23.9. The number of fused-ring (bicyclic) bond motifs is 2. The Labute approximate surface area is 194 Å². The standard InChI is InChI=1S/C23H24ClN3O4S/c1-23(30,12-28)19-11-17-21(32-19)15(2-3-26-17)16-10-14(24)8-13-9-18(31-20(13)16)22(29)27-6-4-25-5-7-27/h2-3,8,10-11,18,25,28,30H,4-7,9,12H2,1H3. The van der Waals surface area contributed by atoms with Gasteiger partial charge in [0.2, 0.25) is 0 Å². The first-order valence-electron chi connectivity index (χ1n) is 10.6. The van der Waals surface area contributed by atoms with Crippen LogP contribution in [0.4, 0.5) is 0 Å². The van der Waals surface area contributed by atoms with Gasteiger partial charge in [0.1, 0.15) is 11.4 Å². The molecule has 0 saturated carbocycles. The molecule has 2 aromatic heterocycles. The normalized spacial score (nSPS) is 20.1. The maximum Gasteiger partial charge on any atom is 0.264 e. The Morgan fingerprint density at radius 3 is 2.88 bits per heavy atom. The quantitative estimate of drug-likeness (QED) is 0.539. The van der Waals surface area contributed by atoms with Gasteiger partial charge in [0, 0.05) is 65.4 Å². The van der Waals surface area contributed by atoms with Gasteiger partial charge in [0.25, 0.3) is 5.91 Å². The Morgan fingerprint density at radius 2 is 2.12 bits per heavy atom. The summed E-state index contributed by atoms with van der Waals surface area (Å²) >= 11 is 7.84. The van der Waals surface area contributed by atoms with E-state index in [4.69, 9.17) is 16.3 Å². The highest BCUT2D eigenvalue weighted by atomic mass is 35.5. The zero-order valence-electron chi connectivity index (χ0n) is 17.6. The number of aliphatic hydroxyl groups is 2. The van der Waals surface area contributed by atoms with Crippen molar-refractivity contribution in [3.8, 4) is 16.9 Å². The first-order valence-corrected chi connectivity index (χ1v) is 11.8. The number of rotatable bonds is 4. The van der Waals surface area contributed by atoms with Gasteiger partial charge in [-0.05, 0) is 31.2 Å². The molecule has 0 radical (unpaired) electrons. The number of carbonyl (C=O) groups excluding carboxylic acids is 1. The SMILES string of the molecule is CC(O)(CO)c1cc2nccc(-c3cc(Cl)cc4c3OC(C(=O)N3CCNCC3)C4)c2s1. The maximum absolute atomic E-state index is 13.0. The second-order valence-electron chi connectivity index (χ2n) is 8.44. The number of benzene rings is 1. The first kappa shape index (κ1) is 21.6. The third kappa shape index (κ3) is 3.76. The number of amides is 1. The minimum atomic E-state index is -1.35. The minimum absolute atomic E-state index is 0.00190. The Hall–Kier alpha value is -2.23. The predicted molar refractivity (Wildman–Crippen MR) is 124 cm³/mol. The Morgan fingerprint density at radius 1 is 1.34 bits per heavy atom. The van der Waals surface area contributed by atoms with Crippen molar-refractivity contribution >= 4 is 39.1 Å². The molecule has 2 unspecified atom stereocenters. The topological polar surface area (TPSA) is 94.9 Å². The van der Waals surface area contributed by atoms with Crippen LogP contribution in [-0.4, -0.2) is 64.9 Å². The number of aromatic nitrogens is 1. The molecule has 2 aliphatic heterocycles. The molecule has 0 bridgehead atoms. The van der Waals surface area contributed by atoms with Gasteiger partial charge in [-0.2, -0.15) is 0 Å². The zero-order chi connectivity index (χ0) is 22.5. The van der Waals surface area contributed by atoms with Gasteiger partial charge in [-0.25, -0.2) is 0 Å². The fraction of sp³-hybridized carbons (Fsp3) is 0.391. The molecule has 1 aromatic carbocycles. The summed E-state index contributed by atoms with van der Waals surface area (Å²) in [4.78, 5) is 19.9. The fourth-order valence-electron chi connectivity index (χ4n) is 4.24. The van der Waals surface area contributed by atoms with E-state index in [1.807, 2.05) is 23.1 Å². The van der Waals surface area contributed by atoms with Crippen LogP contribution in [0.15, 0.2) is 30.5 Å². The smallest absolute Gasteiger partial charge is 0.264 e. The molecule has 9 heteroatoms. The second kappa shape index (κ2) is 8.28. The predicted octanol–water partition coefficient (Wildman–Crippen LogP) is 2.55. The Bertz CT molecular complexity index is 1190. The summed E-state index contributed by atoms with van der Waals surface area (Å²) in [5.74, 6) is 0.668.